The predicted molar refractivity (Wildman–Crippen MR) is 123 cm³/mol. The summed E-state index contributed by atoms with van der Waals surface area (Å²) < 4.78 is 36.1. The highest BCUT2D eigenvalue weighted by molar-refractivity contribution is 5.97. The molecule has 2 aliphatic rings. The molecule has 34 heavy (non-hydrogen) atoms. The van der Waals surface area contributed by atoms with E-state index in [9.17, 15) is 18.4 Å². The number of anilines is 1. The Balaban J connectivity index is 1.52. The second-order valence-electron chi connectivity index (χ2n) is 8.85. The summed E-state index contributed by atoms with van der Waals surface area (Å²) in [4.78, 5) is 26.9. The molecule has 2 fully saturated rings. The molecule has 0 aromatic heterocycles. The molecule has 1 saturated heterocycles. The van der Waals surface area contributed by atoms with E-state index in [1.165, 1.54) is 13.0 Å². The first-order valence-electron chi connectivity index (χ1n) is 11.4. The van der Waals surface area contributed by atoms with Crippen molar-refractivity contribution in [2.45, 2.75) is 51.3 Å². The van der Waals surface area contributed by atoms with Crippen LogP contribution >= 0.6 is 0 Å². The smallest absolute Gasteiger partial charge is 0.387 e. The standard InChI is InChI=1S/C25H29F2N3O4/c1-15(31)30-13-19(10-21(30)24(32)29-20-4-2-3-17(9-20)12-28)18-7-8-22(34-25(26)27)23(11-18)33-14-16-5-6-16/h2-4,7-9,11,16,19,21,25H,5-6,10,12-14,28H2,1H3,(H,29,32). The van der Waals surface area contributed by atoms with Crippen LogP contribution in [0.2, 0.25) is 0 Å². The van der Waals surface area contributed by atoms with Crippen molar-refractivity contribution in [3.8, 4) is 11.5 Å². The van der Waals surface area contributed by atoms with Crippen LogP contribution in [0.1, 0.15) is 43.2 Å². The quantitative estimate of drug-likeness (QED) is 0.577. The molecule has 2 aromatic rings. The Kier molecular flexibility index (Phi) is 7.31. The fourth-order valence-electron chi connectivity index (χ4n) is 4.25. The van der Waals surface area contributed by atoms with Gasteiger partial charge in [0.2, 0.25) is 11.8 Å². The summed E-state index contributed by atoms with van der Waals surface area (Å²) in [6, 6.07) is 11.4. The van der Waals surface area contributed by atoms with E-state index in [2.05, 4.69) is 10.1 Å². The number of amides is 2. The van der Waals surface area contributed by atoms with Crippen LogP contribution in [-0.4, -0.2) is 42.5 Å². The summed E-state index contributed by atoms with van der Waals surface area (Å²) in [5, 5.41) is 2.88. The number of alkyl halides is 2. The van der Waals surface area contributed by atoms with Crippen LogP contribution in [0.4, 0.5) is 14.5 Å². The van der Waals surface area contributed by atoms with Crippen molar-refractivity contribution in [1.29, 1.82) is 0 Å². The van der Waals surface area contributed by atoms with E-state index in [0.717, 1.165) is 24.0 Å². The van der Waals surface area contributed by atoms with Gasteiger partial charge in [0.1, 0.15) is 6.04 Å². The lowest BCUT2D eigenvalue weighted by molar-refractivity contribution is -0.134. The summed E-state index contributed by atoms with van der Waals surface area (Å²) in [5.74, 6) is 0.0314. The van der Waals surface area contributed by atoms with Crippen LogP contribution in [0.5, 0.6) is 11.5 Å². The Bertz CT molecular complexity index is 1040. The van der Waals surface area contributed by atoms with Gasteiger partial charge in [-0.3, -0.25) is 9.59 Å². The van der Waals surface area contributed by atoms with E-state index in [1.807, 2.05) is 12.1 Å². The van der Waals surface area contributed by atoms with Crippen LogP contribution < -0.4 is 20.5 Å². The third-order valence-electron chi connectivity index (χ3n) is 6.27. The highest BCUT2D eigenvalue weighted by Gasteiger charge is 2.39. The molecule has 0 bridgehead atoms. The average Bonchev–Trinajstić information content (AvgIpc) is 3.53. The van der Waals surface area contributed by atoms with Gasteiger partial charge < -0.3 is 25.4 Å². The zero-order chi connectivity index (χ0) is 24.2. The zero-order valence-corrected chi connectivity index (χ0v) is 19.0. The van der Waals surface area contributed by atoms with Crippen LogP contribution in [0.25, 0.3) is 0 Å². The van der Waals surface area contributed by atoms with Gasteiger partial charge >= 0.3 is 6.61 Å². The summed E-state index contributed by atoms with van der Waals surface area (Å²) >= 11 is 0. The Morgan fingerprint density at radius 1 is 1.18 bits per heavy atom. The molecule has 1 heterocycles. The van der Waals surface area contributed by atoms with E-state index in [4.69, 9.17) is 10.5 Å². The number of benzene rings is 2. The number of hydrogen-bond acceptors (Lipinski definition) is 5. The first-order valence-corrected chi connectivity index (χ1v) is 11.4. The third kappa shape index (κ3) is 5.83. The Morgan fingerprint density at radius 2 is 1.97 bits per heavy atom. The van der Waals surface area contributed by atoms with Gasteiger partial charge in [0.05, 0.1) is 6.61 Å². The first kappa shape index (κ1) is 23.9. The SMILES string of the molecule is CC(=O)N1CC(c2ccc(OC(F)F)c(OCC3CC3)c2)CC1C(=O)Nc1cccc(CN)c1. The fourth-order valence-corrected chi connectivity index (χ4v) is 4.25. The molecule has 3 N–H and O–H groups in total. The normalized spacial score (nSPS) is 19.9. The molecule has 182 valence electrons. The lowest BCUT2D eigenvalue weighted by Gasteiger charge is -2.22. The summed E-state index contributed by atoms with van der Waals surface area (Å²) in [6.07, 6.45) is 2.52. The fraction of sp³-hybridized carbons (Fsp3) is 0.440. The Hall–Kier alpha value is -3.20. The molecule has 2 amide bonds. The van der Waals surface area contributed by atoms with Crippen molar-refractivity contribution < 1.29 is 27.8 Å². The molecule has 1 aliphatic heterocycles. The van der Waals surface area contributed by atoms with E-state index >= 15 is 0 Å². The maximum absolute atomic E-state index is 13.1. The Labute approximate surface area is 197 Å². The third-order valence-corrected chi connectivity index (χ3v) is 6.27. The van der Waals surface area contributed by atoms with Crippen molar-refractivity contribution in [3.05, 3.63) is 53.6 Å². The van der Waals surface area contributed by atoms with Gasteiger partial charge in [-0.25, -0.2) is 0 Å². The number of likely N-dealkylation sites (tertiary alicyclic amines) is 1. The number of nitrogens with one attached hydrogen (secondary N) is 1. The average molecular weight is 474 g/mol. The summed E-state index contributed by atoms with van der Waals surface area (Å²) in [5.41, 5.74) is 7.98. The topological polar surface area (TPSA) is 93.9 Å². The van der Waals surface area contributed by atoms with Crippen LogP contribution in [-0.2, 0) is 16.1 Å². The van der Waals surface area contributed by atoms with E-state index in [-0.39, 0.29) is 29.2 Å². The minimum atomic E-state index is -2.96. The lowest BCUT2D eigenvalue weighted by atomic mass is 9.95. The second-order valence-corrected chi connectivity index (χ2v) is 8.85. The number of nitrogens with two attached hydrogens (primary N) is 1. The molecule has 9 heteroatoms. The maximum atomic E-state index is 13.1. The number of halogens is 2. The van der Waals surface area contributed by atoms with Gasteiger partial charge in [-0.2, -0.15) is 8.78 Å². The van der Waals surface area contributed by atoms with Gasteiger partial charge in [0.15, 0.2) is 11.5 Å². The maximum Gasteiger partial charge on any atom is 0.387 e. The Morgan fingerprint density at radius 3 is 2.65 bits per heavy atom. The van der Waals surface area contributed by atoms with Crippen LogP contribution in [0.15, 0.2) is 42.5 Å². The molecule has 0 spiro atoms. The van der Waals surface area contributed by atoms with E-state index in [0.29, 0.717) is 37.7 Å². The molecule has 1 saturated carbocycles. The minimum absolute atomic E-state index is 0.0186. The molecule has 0 radical (unpaired) electrons. The van der Waals surface area contributed by atoms with Crippen molar-refractivity contribution in [3.63, 3.8) is 0 Å². The summed E-state index contributed by atoms with van der Waals surface area (Å²) in [6.45, 7) is -0.389. The molecular formula is C25H29F2N3O4. The molecule has 2 atom stereocenters. The molecule has 1 aliphatic carbocycles. The van der Waals surface area contributed by atoms with Crippen LogP contribution in [0.3, 0.4) is 0 Å². The molecule has 4 rings (SSSR count). The highest BCUT2D eigenvalue weighted by Crippen LogP contribution is 2.39. The molecule has 2 aromatic carbocycles. The number of rotatable bonds is 9. The molecular weight excluding hydrogens is 444 g/mol. The molecule has 7 nitrogen and oxygen atoms in total. The van der Waals surface area contributed by atoms with Crippen molar-refractivity contribution >= 4 is 17.5 Å². The van der Waals surface area contributed by atoms with Crippen molar-refractivity contribution in [2.75, 3.05) is 18.5 Å². The monoisotopic (exact) mass is 473 g/mol. The molecule has 2 unspecified atom stereocenters. The van der Waals surface area contributed by atoms with Gasteiger partial charge in [0, 0.05) is 31.6 Å². The number of hydrogen-bond donors (Lipinski definition) is 2. The van der Waals surface area contributed by atoms with Crippen molar-refractivity contribution in [2.24, 2.45) is 11.7 Å². The number of carbonyl (C=O) groups is 2. The van der Waals surface area contributed by atoms with Gasteiger partial charge in [-0.1, -0.05) is 18.2 Å². The second kappa shape index (κ2) is 10.4. The van der Waals surface area contributed by atoms with Crippen molar-refractivity contribution in [1.82, 2.24) is 4.90 Å². The highest BCUT2D eigenvalue weighted by atomic mass is 19.3. The van der Waals surface area contributed by atoms with Gasteiger partial charge in [-0.05, 0) is 60.6 Å². The number of nitrogens with zero attached hydrogens (tertiary/aromatic N) is 1. The first-order chi connectivity index (χ1) is 16.3. The summed E-state index contributed by atoms with van der Waals surface area (Å²) in [7, 11) is 0. The number of carbonyl (C=O) groups excluding carboxylic acids is 2. The zero-order valence-electron chi connectivity index (χ0n) is 19.0. The van der Waals surface area contributed by atoms with Gasteiger partial charge in [0.25, 0.3) is 0 Å². The van der Waals surface area contributed by atoms with Crippen LogP contribution in [0, 0.1) is 5.92 Å². The van der Waals surface area contributed by atoms with E-state index in [1.54, 1.807) is 29.2 Å². The number of ether oxygens (including phenoxy) is 2. The minimum Gasteiger partial charge on any atom is -0.489 e. The predicted octanol–water partition coefficient (Wildman–Crippen LogP) is 3.88. The largest absolute Gasteiger partial charge is 0.489 e. The van der Waals surface area contributed by atoms with E-state index < -0.39 is 12.7 Å². The van der Waals surface area contributed by atoms with Gasteiger partial charge in [-0.15, -0.1) is 0 Å². The lowest BCUT2D eigenvalue weighted by Crippen LogP contribution is -2.42.